The lowest BCUT2D eigenvalue weighted by Gasteiger charge is -2.26. The second-order valence-electron chi connectivity index (χ2n) is 11.1. The third kappa shape index (κ3) is 7.08. The molecule has 6 rings (SSSR count). The minimum atomic E-state index is -0.418. The van der Waals surface area contributed by atoms with Gasteiger partial charge in [-0.05, 0) is 122 Å². The summed E-state index contributed by atoms with van der Waals surface area (Å²) in [5.41, 5.74) is 3.64. The van der Waals surface area contributed by atoms with Crippen LogP contribution in [0.25, 0.3) is 20.5 Å². The second-order valence-corrected chi connectivity index (χ2v) is 12.1. The topological polar surface area (TPSA) is 60.5 Å². The summed E-state index contributed by atoms with van der Waals surface area (Å²) in [6.45, 7) is 4.01. The molecule has 1 aromatic heterocycles. The van der Waals surface area contributed by atoms with E-state index in [4.69, 9.17) is 18.9 Å². The number of anilines is 2. The first kappa shape index (κ1) is 30.5. The van der Waals surface area contributed by atoms with Crippen LogP contribution in [0.2, 0.25) is 0 Å². The maximum absolute atomic E-state index is 12.7. The van der Waals surface area contributed by atoms with E-state index in [-0.39, 0.29) is 0 Å². The highest BCUT2D eigenvalue weighted by molar-refractivity contribution is 7.23. The van der Waals surface area contributed by atoms with Gasteiger partial charge in [-0.15, -0.1) is 11.3 Å². The van der Waals surface area contributed by atoms with E-state index in [2.05, 4.69) is 41.1 Å². The van der Waals surface area contributed by atoms with Crippen molar-refractivity contribution in [3.63, 3.8) is 0 Å². The van der Waals surface area contributed by atoms with Gasteiger partial charge in [-0.3, -0.25) is 4.90 Å². The number of likely N-dealkylation sites (tertiary alicyclic amines) is 1. The molecule has 1 fully saturated rings. The van der Waals surface area contributed by atoms with E-state index >= 15 is 0 Å². The van der Waals surface area contributed by atoms with Gasteiger partial charge in [0.1, 0.15) is 29.6 Å². The Labute approximate surface area is 268 Å². The van der Waals surface area contributed by atoms with Gasteiger partial charge in [0.2, 0.25) is 0 Å². The minimum absolute atomic E-state index is 0.418. The molecule has 0 amide bonds. The Morgan fingerprint density at radius 3 is 2.11 bits per heavy atom. The molecule has 1 aliphatic rings. The van der Waals surface area contributed by atoms with Crippen LogP contribution >= 0.6 is 11.3 Å². The van der Waals surface area contributed by atoms with E-state index in [1.165, 1.54) is 32.4 Å². The summed E-state index contributed by atoms with van der Waals surface area (Å²) in [7, 11) is 5.37. The summed E-state index contributed by atoms with van der Waals surface area (Å²) >= 11 is 1.71. The maximum Gasteiger partial charge on any atom is 0.343 e. The van der Waals surface area contributed by atoms with E-state index in [1.54, 1.807) is 49.8 Å². The molecule has 0 spiro atoms. The molecule has 1 aliphatic heterocycles. The molecular weight excluding hydrogens is 584 g/mol. The summed E-state index contributed by atoms with van der Waals surface area (Å²) in [6, 6.07) is 29.0. The van der Waals surface area contributed by atoms with Crippen LogP contribution < -0.4 is 23.8 Å². The summed E-state index contributed by atoms with van der Waals surface area (Å²) in [5.74, 6) is 2.44. The first-order chi connectivity index (χ1) is 22.0. The average Bonchev–Trinajstić information content (AvgIpc) is 3.48. The molecule has 232 valence electrons. The largest absolute Gasteiger partial charge is 0.497 e. The highest BCUT2D eigenvalue weighted by Crippen LogP contribution is 2.47. The van der Waals surface area contributed by atoms with Crippen LogP contribution in [0.3, 0.4) is 0 Å². The van der Waals surface area contributed by atoms with E-state index < -0.39 is 5.97 Å². The van der Waals surface area contributed by atoms with Crippen molar-refractivity contribution in [2.24, 2.45) is 0 Å². The van der Waals surface area contributed by atoms with Crippen molar-refractivity contribution in [2.45, 2.75) is 19.3 Å². The molecule has 0 N–H and O–H groups in total. The normalized spacial score (nSPS) is 13.4. The molecule has 8 heteroatoms. The smallest absolute Gasteiger partial charge is 0.343 e. The Morgan fingerprint density at radius 2 is 1.42 bits per heavy atom. The molecule has 1 saturated heterocycles. The van der Waals surface area contributed by atoms with Gasteiger partial charge < -0.3 is 23.8 Å². The van der Waals surface area contributed by atoms with E-state index in [1.807, 2.05) is 42.5 Å². The quantitative estimate of drug-likeness (QED) is 0.108. The predicted molar refractivity (Wildman–Crippen MR) is 182 cm³/mol. The Morgan fingerprint density at radius 1 is 0.778 bits per heavy atom. The van der Waals surface area contributed by atoms with Gasteiger partial charge in [-0.2, -0.15) is 0 Å². The Kier molecular flexibility index (Phi) is 9.52. The molecule has 0 atom stereocenters. The zero-order chi connectivity index (χ0) is 31.2. The lowest BCUT2D eigenvalue weighted by atomic mass is 10.1. The number of hydrogen-bond acceptors (Lipinski definition) is 8. The van der Waals surface area contributed by atoms with Gasteiger partial charge >= 0.3 is 5.97 Å². The fourth-order valence-electron chi connectivity index (χ4n) is 5.66. The summed E-state index contributed by atoms with van der Waals surface area (Å²) in [4.78, 5) is 18.5. The summed E-state index contributed by atoms with van der Waals surface area (Å²) in [6.07, 6.45) is 3.91. The number of ether oxygens (including phenoxy) is 4. The Hall–Kier alpha value is -4.53. The van der Waals surface area contributed by atoms with Crippen molar-refractivity contribution in [3.8, 4) is 33.4 Å². The third-order valence-electron chi connectivity index (χ3n) is 8.21. The van der Waals surface area contributed by atoms with Crippen LogP contribution in [-0.4, -0.2) is 58.4 Å². The second kappa shape index (κ2) is 14.1. The van der Waals surface area contributed by atoms with Crippen LogP contribution in [0.15, 0.2) is 91.0 Å². The van der Waals surface area contributed by atoms with E-state index in [0.29, 0.717) is 23.7 Å². The molecule has 0 unspecified atom stereocenters. The third-order valence-corrected chi connectivity index (χ3v) is 9.40. The highest BCUT2D eigenvalue weighted by atomic mass is 32.1. The van der Waals surface area contributed by atoms with Gasteiger partial charge in [-0.1, -0.05) is 6.42 Å². The first-order valence-electron chi connectivity index (χ1n) is 15.3. The Balaban J connectivity index is 1.22. The van der Waals surface area contributed by atoms with Crippen molar-refractivity contribution in [1.82, 2.24) is 4.90 Å². The van der Waals surface area contributed by atoms with E-state index in [0.717, 1.165) is 49.9 Å². The number of piperidine rings is 1. The number of benzene rings is 4. The molecule has 5 aromatic rings. The molecule has 0 bridgehead atoms. The van der Waals surface area contributed by atoms with Crippen molar-refractivity contribution >= 4 is 38.8 Å². The number of methoxy groups -OCH3 is 2. The minimum Gasteiger partial charge on any atom is -0.497 e. The average molecular weight is 623 g/mol. The first-order valence-corrected chi connectivity index (χ1v) is 16.1. The van der Waals surface area contributed by atoms with Crippen LogP contribution in [0.1, 0.15) is 29.6 Å². The molecule has 2 heterocycles. The molecule has 0 saturated carbocycles. The lowest BCUT2D eigenvalue weighted by molar-refractivity contribution is 0.0734. The number of fused-ring (bicyclic) bond motifs is 1. The molecular formula is C37H38N2O5S. The molecule has 4 aromatic carbocycles. The molecule has 0 aliphatic carbocycles. The highest BCUT2D eigenvalue weighted by Gasteiger charge is 2.20. The lowest BCUT2D eigenvalue weighted by Crippen LogP contribution is -2.33. The van der Waals surface area contributed by atoms with E-state index in [9.17, 15) is 4.79 Å². The fraction of sp³-hybridized carbons (Fsp3) is 0.270. The van der Waals surface area contributed by atoms with Crippen LogP contribution in [0, 0.1) is 0 Å². The number of thiophene rings is 1. The van der Waals surface area contributed by atoms with Gasteiger partial charge in [0.15, 0.2) is 0 Å². The number of hydrogen-bond donors (Lipinski definition) is 0. The monoisotopic (exact) mass is 622 g/mol. The molecule has 0 radical (unpaired) electrons. The van der Waals surface area contributed by atoms with Crippen LogP contribution in [-0.2, 0) is 0 Å². The van der Waals surface area contributed by atoms with Gasteiger partial charge in [0, 0.05) is 29.4 Å². The van der Waals surface area contributed by atoms with Crippen molar-refractivity contribution in [1.29, 1.82) is 0 Å². The number of carbonyl (C=O) groups excluding carboxylic acids is 1. The van der Waals surface area contributed by atoms with Crippen molar-refractivity contribution in [2.75, 3.05) is 52.4 Å². The molecule has 7 nitrogen and oxygen atoms in total. The summed E-state index contributed by atoms with van der Waals surface area (Å²) in [5, 5.41) is 1.13. The fourth-order valence-corrected chi connectivity index (χ4v) is 6.92. The molecule has 45 heavy (non-hydrogen) atoms. The SMILES string of the molecule is COc1ccc(C(=O)Oc2ccc(-c3sc4cc(OC)ccc4c3N(C)c3ccc(OCCN4CCCCC4)cc3)cc2)cc1. The van der Waals surface area contributed by atoms with Gasteiger partial charge in [-0.25, -0.2) is 4.79 Å². The number of carbonyl (C=O) groups is 1. The number of esters is 1. The number of rotatable bonds is 11. The maximum atomic E-state index is 12.7. The van der Waals surface area contributed by atoms with Crippen LogP contribution in [0.4, 0.5) is 11.4 Å². The Bertz CT molecular complexity index is 1730. The zero-order valence-electron chi connectivity index (χ0n) is 26.0. The van der Waals surface area contributed by atoms with Gasteiger partial charge in [0.25, 0.3) is 0 Å². The predicted octanol–water partition coefficient (Wildman–Crippen LogP) is 8.44. The van der Waals surface area contributed by atoms with Crippen molar-refractivity contribution < 1.29 is 23.7 Å². The van der Waals surface area contributed by atoms with Crippen molar-refractivity contribution in [3.05, 3.63) is 96.6 Å². The summed E-state index contributed by atoms with van der Waals surface area (Å²) < 4.78 is 23.6. The van der Waals surface area contributed by atoms with Crippen LogP contribution in [0.5, 0.6) is 23.0 Å². The van der Waals surface area contributed by atoms with Gasteiger partial charge in [0.05, 0.1) is 30.3 Å². The zero-order valence-corrected chi connectivity index (χ0v) is 26.8. The standard InChI is InChI=1S/C37H38N2O5S/c1-38(28-11-17-30(18-12-28)43-24-23-39-21-5-4-6-22-39)35-33-20-19-32(42-3)25-34(33)45-36(35)26-7-15-31(16-8-26)44-37(40)27-9-13-29(41-2)14-10-27/h7-20,25H,4-6,21-24H2,1-3H3. The number of nitrogens with zero attached hydrogens (tertiary/aromatic N) is 2.